The second kappa shape index (κ2) is 6.63. The number of rotatable bonds is 6. The van der Waals surface area contributed by atoms with Crippen LogP contribution in [0.25, 0.3) is 0 Å². The molecule has 0 aliphatic rings. The second-order valence-electron chi connectivity index (χ2n) is 4.93. The van der Waals surface area contributed by atoms with Crippen LogP contribution in [0.5, 0.6) is 0 Å². The van der Waals surface area contributed by atoms with Crippen LogP contribution in [-0.4, -0.2) is 15.0 Å². The molecule has 4 N–H and O–H groups in total. The van der Waals surface area contributed by atoms with Crippen molar-refractivity contribution in [3.05, 3.63) is 29.3 Å². The minimum atomic E-state index is -4.68. The summed E-state index contributed by atoms with van der Waals surface area (Å²) in [6, 6.07) is 3.23. The van der Waals surface area contributed by atoms with E-state index in [9.17, 15) is 21.6 Å². The molecule has 120 valence electrons. The topological polar surface area (TPSA) is 84.2 Å². The molecule has 0 aliphatic carbocycles. The maximum Gasteiger partial charge on any atom is 0.418 e. The van der Waals surface area contributed by atoms with Crippen LogP contribution in [0.4, 0.5) is 18.9 Å². The molecule has 0 saturated carbocycles. The number of hydrogen-bond donors (Lipinski definition) is 3. The van der Waals surface area contributed by atoms with E-state index >= 15 is 0 Å². The summed E-state index contributed by atoms with van der Waals surface area (Å²) in [5.41, 5.74) is 3.97. The van der Waals surface area contributed by atoms with Gasteiger partial charge >= 0.3 is 6.18 Å². The zero-order chi connectivity index (χ0) is 16.3. The van der Waals surface area contributed by atoms with Crippen molar-refractivity contribution in [2.45, 2.75) is 26.6 Å². The van der Waals surface area contributed by atoms with E-state index in [1.165, 1.54) is 6.07 Å². The van der Waals surface area contributed by atoms with E-state index in [1.54, 1.807) is 13.8 Å². The highest BCUT2D eigenvalue weighted by molar-refractivity contribution is 7.90. The molecule has 1 aromatic rings. The third-order valence-electron chi connectivity index (χ3n) is 2.55. The Morgan fingerprint density at radius 2 is 1.90 bits per heavy atom. The molecular formula is C12H18F3N3O2S. The molecule has 0 aliphatic heterocycles. The highest BCUT2D eigenvalue weighted by Gasteiger charge is 2.34. The molecule has 0 radical (unpaired) electrons. The number of alkyl halides is 3. The van der Waals surface area contributed by atoms with Crippen molar-refractivity contribution in [2.75, 3.05) is 11.3 Å². The average Bonchev–Trinajstić information content (AvgIpc) is 2.35. The first-order valence-electron chi connectivity index (χ1n) is 6.22. The van der Waals surface area contributed by atoms with E-state index in [-0.39, 0.29) is 24.6 Å². The highest BCUT2D eigenvalue weighted by Crippen LogP contribution is 2.35. The lowest BCUT2D eigenvalue weighted by atomic mass is 10.1. The Morgan fingerprint density at radius 1 is 1.29 bits per heavy atom. The largest absolute Gasteiger partial charge is 0.418 e. The molecule has 9 heteroatoms. The van der Waals surface area contributed by atoms with Gasteiger partial charge in [-0.05, 0) is 23.6 Å². The zero-order valence-corrected chi connectivity index (χ0v) is 12.5. The predicted octanol–water partition coefficient (Wildman–Crippen LogP) is 2.07. The fraction of sp³-hybridized carbons (Fsp3) is 0.500. The third-order valence-corrected chi connectivity index (χ3v) is 3.59. The molecule has 0 unspecified atom stereocenters. The monoisotopic (exact) mass is 325 g/mol. The molecule has 0 fully saturated rings. The summed E-state index contributed by atoms with van der Waals surface area (Å²) in [7, 11) is -4.06. The Morgan fingerprint density at radius 3 is 2.38 bits per heavy atom. The summed E-state index contributed by atoms with van der Waals surface area (Å²) in [4.78, 5) is 0. The summed E-state index contributed by atoms with van der Waals surface area (Å²) >= 11 is 0. The van der Waals surface area contributed by atoms with Gasteiger partial charge in [-0.15, -0.1) is 0 Å². The Bertz CT molecular complexity index is 586. The summed E-state index contributed by atoms with van der Waals surface area (Å²) in [5.74, 6) is 0.0308. The van der Waals surface area contributed by atoms with Crippen LogP contribution in [0.2, 0.25) is 0 Å². The van der Waals surface area contributed by atoms with Gasteiger partial charge in [0, 0.05) is 13.1 Å². The van der Waals surface area contributed by atoms with Crippen LogP contribution in [0.15, 0.2) is 18.2 Å². The van der Waals surface area contributed by atoms with Crippen LogP contribution >= 0.6 is 0 Å². The van der Waals surface area contributed by atoms with Gasteiger partial charge in [0.05, 0.1) is 11.3 Å². The number of benzene rings is 1. The Hall–Kier alpha value is -1.32. The second-order valence-corrected chi connectivity index (χ2v) is 6.43. The molecular weight excluding hydrogens is 307 g/mol. The number of nitrogens with one attached hydrogen (secondary N) is 2. The van der Waals surface area contributed by atoms with Crippen LogP contribution < -0.4 is 15.2 Å². The quantitative estimate of drug-likeness (QED) is 0.748. The van der Waals surface area contributed by atoms with Crippen molar-refractivity contribution < 1.29 is 21.6 Å². The fourth-order valence-electron chi connectivity index (χ4n) is 1.50. The van der Waals surface area contributed by atoms with Gasteiger partial charge in [0.1, 0.15) is 0 Å². The predicted molar refractivity (Wildman–Crippen MR) is 74.7 cm³/mol. The summed E-state index contributed by atoms with van der Waals surface area (Å²) < 4.78 is 66.4. The molecule has 0 saturated heterocycles. The van der Waals surface area contributed by atoms with Crippen molar-refractivity contribution in [3.8, 4) is 0 Å². The molecule has 0 atom stereocenters. The number of hydrogen-bond acceptors (Lipinski definition) is 3. The van der Waals surface area contributed by atoms with Crippen molar-refractivity contribution in [1.82, 2.24) is 4.72 Å². The minimum absolute atomic E-state index is 0.0308. The molecule has 1 aromatic carbocycles. The zero-order valence-electron chi connectivity index (χ0n) is 11.7. The maximum absolute atomic E-state index is 13.0. The van der Waals surface area contributed by atoms with Crippen molar-refractivity contribution in [3.63, 3.8) is 0 Å². The van der Waals surface area contributed by atoms with E-state index in [0.29, 0.717) is 0 Å². The lowest BCUT2D eigenvalue weighted by molar-refractivity contribution is -0.136. The van der Waals surface area contributed by atoms with Gasteiger partial charge in [-0.2, -0.15) is 26.3 Å². The van der Waals surface area contributed by atoms with Crippen LogP contribution in [0, 0.1) is 5.92 Å². The molecule has 0 spiro atoms. The molecule has 5 nitrogen and oxygen atoms in total. The Balaban J connectivity index is 3.08. The molecule has 1 rings (SSSR count). The molecule has 0 heterocycles. The van der Waals surface area contributed by atoms with Gasteiger partial charge in [-0.1, -0.05) is 19.9 Å². The molecule has 21 heavy (non-hydrogen) atoms. The van der Waals surface area contributed by atoms with Gasteiger partial charge in [-0.25, -0.2) is 0 Å². The van der Waals surface area contributed by atoms with Crippen molar-refractivity contribution in [2.24, 2.45) is 11.7 Å². The van der Waals surface area contributed by atoms with E-state index in [4.69, 9.17) is 5.73 Å². The van der Waals surface area contributed by atoms with Gasteiger partial charge in [0.2, 0.25) is 0 Å². The number of anilines is 1. The summed E-state index contributed by atoms with van der Waals surface area (Å²) in [6.45, 7) is 3.61. The third kappa shape index (κ3) is 5.52. The van der Waals surface area contributed by atoms with Crippen LogP contribution in [0.1, 0.15) is 25.0 Å². The van der Waals surface area contributed by atoms with Crippen molar-refractivity contribution in [1.29, 1.82) is 0 Å². The smallest absolute Gasteiger partial charge is 0.326 e. The lowest BCUT2D eigenvalue weighted by Gasteiger charge is -2.16. The van der Waals surface area contributed by atoms with E-state index < -0.39 is 27.6 Å². The van der Waals surface area contributed by atoms with Crippen LogP contribution in [0.3, 0.4) is 0 Å². The first-order valence-corrected chi connectivity index (χ1v) is 7.71. The minimum Gasteiger partial charge on any atom is -0.326 e. The highest BCUT2D eigenvalue weighted by atomic mass is 32.2. The van der Waals surface area contributed by atoms with E-state index in [0.717, 1.165) is 12.1 Å². The lowest BCUT2D eigenvalue weighted by Crippen LogP contribution is -2.33. The van der Waals surface area contributed by atoms with Crippen LogP contribution in [-0.2, 0) is 22.9 Å². The normalized spacial score (nSPS) is 12.7. The first kappa shape index (κ1) is 17.7. The summed E-state index contributed by atoms with van der Waals surface area (Å²) in [6.07, 6.45) is -4.68. The fourth-order valence-corrected chi connectivity index (χ4v) is 2.59. The first-order chi connectivity index (χ1) is 9.55. The van der Waals surface area contributed by atoms with Gasteiger partial charge in [0.25, 0.3) is 10.2 Å². The molecule has 0 aromatic heterocycles. The number of nitrogens with two attached hydrogens (primary N) is 1. The van der Waals surface area contributed by atoms with Crippen molar-refractivity contribution >= 4 is 15.9 Å². The van der Waals surface area contributed by atoms with Gasteiger partial charge in [0.15, 0.2) is 0 Å². The maximum atomic E-state index is 13.0. The average molecular weight is 325 g/mol. The van der Waals surface area contributed by atoms with Gasteiger partial charge < -0.3 is 5.73 Å². The number of halogens is 3. The summed E-state index contributed by atoms with van der Waals surface area (Å²) in [5, 5.41) is 0. The van der Waals surface area contributed by atoms with E-state index in [2.05, 4.69) is 4.72 Å². The molecule has 0 amide bonds. The van der Waals surface area contributed by atoms with E-state index in [1.807, 2.05) is 4.72 Å². The Kier molecular flexibility index (Phi) is 5.60. The molecule has 0 bridgehead atoms. The standard InChI is InChI=1S/C12H18F3N3O2S/c1-8(2)7-17-21(19,20)18-11-4-3-9(6-16)5-10(11)12(13,14)15/h3-5,8,17-18H,6-7,16H2,1-2H3. The SMILES string of the molecule is CC(C)CNS(=O)(=O)Nc1ccc(CN)cc1C(F)(F)F. The Labute approximate surface area is 121 Å². The van der Waals surface area contributed by atoms with Gasteiger partial charge in [-0.3, -0.25) is 4.72 Å².